The molecule has 1 atom stereocenters. The fourth-order valence-corrected chi connectivity index (χ4v) is 3.57. The lowest BCUT2D eigenvalue weighted by atomic mass is 10.0. The molecule has 1 saturated heterocycles. The number of aryl methyl sites for hydroxylation is 1. The Bertz CT molecular complexity index is 601. The minimum atomic E-state index is 0.473. The predicted molar refractivity (Wildman–Crippen MR) is 96.7 cm³/mol. The van der Waals surface area contributed by atoms with Crippen molar-refractivity contribution in [2.24, 2.45) is 0 Å². The molecule has 2 aromatic rings. The van der Waals surface area contributed by atoms with Crippen molar-refractivity contribution < 1.29 is 0 Å². The number of hydrogen-bond donors (Lipinski definition) is 1. The molecule has 1 N–H and O–H groups in total. The molecule has 1 aliphatic heterocycles. The van der Waals surface area contributed by atoms with E-state index in [2.05, 4.69) is 56.9 Å². The number of pyridine rings is 1. The smallest absolute Gasteiger partial charge is 0.108 e. The molecule has 5 nitrogen and oxygen atoms in total. The van der Waals surface area contributed by atoms with Crippen LogP contribution in [0.3, 0.4) is 0 Å². The minimum Gasteiger partial charge on any atom is -0.333 e. The first-order chi connectivity index (χ1) is 11.7. The summed E-state index contributed by atoms with van der Waals surface area (Å²) in [7, 11) is 0. The number of rotatable bonds is 7. The lowest BCUT2D eigenvalue weighted by molar-refractivity contribution is 0.183. The van der Waals surface area contributed by atoms with Crippen LogP contribution in [0.5, 0.6) is 0 Å². The molecule has 0 amide bonds. The van der Waals surface area contributed by atoms with Gasteiger partial charge in [0.15, 0.2) is 0 Å². The Morgan fingerprint density at radius 2 is 1.96 bits per heavy atom. The van der Waals surface area contributed by atoms with Crippen LogP contribution in [0.4, 0.5) is 0 Å². The van der Waals surface area contributed by atoms with Gasteiger partial charge in [-0.1, -0.05) is 6.92 Å². The molecule has 0 unspecified atom stereocenters. The van der Waals surface area contributed by atoms with Crippen molar-refractivity contribution >= 4 is 0 Å². The van der Waals surface area contributed by atoms with E-state index >= 15 is 0 Å². The van der Waals surface area contributed by atoms with Gasteiger partial charge in [-0.25, -0.2) is 4.98 Å². The maximum atomic E-state index is 4.41. The highest BCUT2D eigenvalue weighted by atomic mass is 15.2. The van der Waals surface area contributed by atoms with E-state index in [0.717, 1.165) is 32.6 Å². The monoisotopic (exact) mass is 327 g/mol. The third kappa shape index (κ3) is 4.65. The average molecular weight is 327 g/mol. The summed E-state index contributed by atoms with van der Waals surface area (Å²) in [5, 5.41) is 3.81. The van der Waals surface area contributed by atoms with Crippen LogP contribution in [0.2, 0.25) is 0 Å². The topological polar surface area (TPSA) is 46.0 Å². The first-order valence-corrected chi connectivity index (χ1v) is 9.12. The van der Waals surface area contributed by atoms with Crippen molar-refractivity contribution in [3.05, 3.63) is 48.3 Å². The van der Waals surface area contributed by atoms with E-state index in [1.165, 1.54) is 24.2 Å². The van der Waals surface area contributed by atoms with E-state index in [9.17, 15) is 0 Å². The third-order valence-corrected chi connectivity index (χ3v) is 4.85. The summed E-state index contributed by atoms with van der Waals surface area (Å²) in [6, 6.07) is 5.33. The van der Waals surface area contributed by atoms with E-state index in [1.54, 1.807) is 0 Å². The number of likely N-dealkylation sites (tertiary alicyclic amines) is 1. The molecule has 0 bridgehead atoms. The van der Waals surface area contributed by atoms with Gasteiger partial charge < -0.3 is 9.88 Å². The van der Waals surface area contributed by atoms with Gasteiger partial charge in [0.1, 0.15) is 5.82 Å². The predicted octanol–water partition coefficient (Wildman–Crippen LogP) is 2.48. The van der Waals surface area contributed by atoms with Crippen LogP contribution >= 0.6 is 0 Å². The number of imidazole rings is 1. The van der Waals surface area contributed by atoms with Crippen LogP contribution < -0.4 is 5.32 Å². The molecule has 2 aromatic heterocycles. The highest BCUT2D eigenvalue weighted by Crippen LogP contribution is 2.14. The Labute approximate surface area is 145 Å². The summed E-state index contributed by atoms with van der Waals surface area (Å²) >= 11 is 0. The second-order valence-corrected chi connectivity index (χ2v) is 6.82. The van der Waals surface area contributed by atoms with Crippen molar-refractivity contribution in [2.45, 2.75) is 58.3 Å². The van der Waals surface area contributed by atoms with Gasteiger partial charge in [-0.3, -0.25) is 9.88 Å². The maximum Gasteiger partial charge on any atom is 0.108 e. The number of nitrogens with zero attached hydrogens (tertiary/aromatic N) is 4. The normalized spacial score (nSPS) is 17.9. The van der Waals surface area contributed by atoms with Crippen molar-refractivity contribution in [2.75, 3.05) is 13.1 Å². The second-order valence-electron chi connectivity index (χ2n) is 6.82. The average Bonchev–Trinajstić information content (AvgIpc) is 3.04. The van der Waals surface area contributed by atoms with E-state index in [4.69, 9.17) is 0 Å². The molecule has 5 heteroatoms. The molecule has 130 valence electrons. The van der Waals surface area contributed by atoms with Gasteiger partial charge >= 0.3 is 0 Å². The largest absolute Gasteiger partial charge is 0.333 e. The molecule has 0 spiro atoms. The Morgan fingerprint density at radius 1 is 1.21 bits per heavy atom. The first kappa shape index (κ1) is 17.1. The molecule has 0 aromatic carbocycles. The molecular weight excluding hydrogens is 298 g/mol. The fourth-order valence-electron chi connectivity index (χ4n) is 3.57. The summed E-state index contributed by atoms with van der Waals surface area (Å²) in [4.78, 5) is 11.0. The summed E-state index contributed by atoms with van der Waals surface area (Å²) in [5.41, 5.74) is 1.36. The molecular formula is C19H29N5. The molecule has 1 fully saturated rings. The van der Waals surface area contributed by atoms with Gasteiger partial charge in [-0.05, 0) is 50.6 Å². The Morgan fingerprint density at radius 3 is 2.67 bits per heavy atom. The quantitative estimate of drug-likeness (QED) is 0.849. The molecule has 3 heterocycles. The van der Waals surface area contributed by atoms with Crippen LogP contribution in [0.25, 0.3) is 0 Å². The number of piperidine rings is 1. The van der Waals surface area contributed by atoms with Crippen molar-refractivity contribution in [3.63, 3.8) is 0 Å². The first-order valence-electron chi connectivity index (χ1n) is 9.12. The maximum absolute atomic E-state index is 4.41. The van der Waals surface area contributed by atoms with E-state index in [1.807, 2.05) is 18.6 Å². The summed E-state index contributed by atoms with van der Waals surface area (Å²) < 4.78 is 2.27. The summed E-state index contributed by atoms with van der Waals surface area (Å²) in [6.07, 6.45) is 11.2. The van der Waals surface area contributed by atoms with E-state index in [0.29, 0.717) is 12.1 Å². The van der Waals surface area contributed by atoms with Crippen molar-refractivity contribution in [3.8, 4) is 0 Å². The molecule has 1 aliphatic rings. The molecule has 0 saturated carbocycles. The number of hydrogen-bond acceptors (Lipinski definition) is 4. The zero-order valence-corrected chi connectivity index (χ0v) is 14.9. The van der Waals surface area contributed by atoms with Crippen LogP contribution in [-0.4, -0.2) is 44.6 Å². The Hall–Kier alpha value is -1.72. The van der Waals surface area contributed by atoms with Gasteiger partial charge in [0.25, 0.3) is 0 Å². The van der Waals surface area contributed by atoms with Gasteiger partial charge in [-0.15, -0.1) is 0 Å². The summed E-state index contributed by atoms with van der Waals surface area (Å²) in [5.74, 6) is 1.18. The molecule has 24 heavy (non-hydrogen) atoms. The third-order valence-electron chi connectivity index (χ3n) is 4.85. The van der Waals surface area contributed by atoms with E-state index in [-0.39, 0.29) is 0 Å². The minimum absolute atomic E-state index is 0.473. The zero-order chi connectivity index (χ0) is 16.8. The number of aromatic nitrogens is 3. The molecule has 0 aliphatic carbocycles. The van der Waals surface area contributed by atoms with Crippen molar-refractivity contribution in [1.82, 2.24) is 24.8 Å². The zero-order valence-electron chi connectivity index (χ0n) is 14.9. The summed E-state index contributed by atoms with van der Waals surface area (Å²) in [6.45, 7) is 8.81. The van der Waals surface area contributed by atoms with Crippen LogP contribution in [0.1, 0.15) is 38.1 Å². The lowest BCUT2D eigenvalue weighted by Crippen LogP contribution is -2.46. The van der Waals surface area contributed by atoms with Gasteiger partial charge in [0.05, 0.1) is 0 Å². The lowest BCUT2D eigenvalue weighted by Gasteiger charge is -2.34. The van der Waals surface area contributed by atoms with Gasteiger partial charge in [0, 0.05) is 56.4 Å². The Kier molecular flexibility index (Phi) is 5.99. The van der Waals surface area contributed by atoms with E-state index < -0.39 is 0 Å². The molecule has 0 radical (unpaired) electrons. The van der Waals surface area contributed by atoms with Gasteiger partial charge in [-0.2, -0.15) is 0 Å². The standard InChI is InChI=1S/C19H29N5/c1-3-19-21-10-13-24(19)14-16(2)22-18-6-11-23(12-7-18)15-17-4-8-20-9-5-17/h4-5,8-10,13,16,18,22H,3,6-7,11-12,14-15H2,1-2H3/t16-/m1/s1. The highest BCUT2D eigenvalue weighted by Gasteiger charge is 2.20. The van der Waals surface area contributed by atoms with Crippen LogP contribution in [-0.2, 0) is 19.5 Å². The van der Waals surface area contributed by atoms with Crippen LogP contribution in [0, 0.1) is 0 Å². The SMILES string of the molecule is CCc1nccn1C[C@@H](C)NC1CCN(Cc2ccncc2)CC1. The number of nitrogens with one attached hydrogen (secondary N) is 1. The Balaban J connectivity index is 1.42. The highest BCUT2D eigenvalue weighted by molar-refractivity contribution is 5.09. The van der Waals surface area contributed by atoms with Gasteiger partial charge in [0.2, 0.25) is 0 Å². The van der Waals surface area contributed by atoms with Crippen LogP contribution in [0.15, 0.2) is 36.9 Å². The molecule has 3 rings (SSSR count). The van der Waals surface area contributed by atoms with Crippen molar-refractivity contribution in [1.29, 1.82) is 0 Å². The second kappa shape index (κ2) is 8.40. The fraction of sp³-hybridized carbons (Fsp3) is 0.579.